The molecule has 330 valence electrons. The number of nitrogens with zero attached hydrogens (tertiary/aromatic N) is 2. The van der Waals surface area contributed by atoms with E-state index in [1.54, 1.807) is 0 Å². The summed E-state index contributed by atoms with van der Waals surface area (Å²) < 4.78 is 0. The number of allylic oxidation sites excluding steroid dienone is 2. The molecule has 5 atom stereocenters. The number of pyridine rings is 1. The normalized spacial score (nSPS) is 21.5. The van der Waals surface area contributed by atoms with E-state index in [1.807, 2.05) is 0 Å². The molecule has 2 heterocycles. The molecule has 4 aliphatic carbocycles. The van der Waals surface area contributed by atoms with Gasteiger partial charge in [0.05, 0.1) is 28.0 Å². The van der Waals surface area contributed by atoms with E-state index < -0.39 is 5.41 Å². The predicted molar refractivity (Wildman–Crippen MR) is 287 cm³/mol. The Balaban J connectivity index is 0.985. The predicted octanol–water partition coefficient (Wildman–Crippen LogP) is 15.1. The number of hydrogen-bond acceptors (Lipinski definition) is 2. The number of aromatic nitrogens is 1. The molecule has 8 aromatic carbocycles. The van der Waals surface area contributed by atoms with Crippen LogP contribution in [0.15, 0.2) is 206 Å². The van der Waals surface area contributed by atoms with E-state index in [0.717, 1.165) is 29.6 Å². The summed E-state index contributed by atoms with van der Waals surface area (Å²) in [4.78, 5) is 7.96. The minimum Gasteiger partial charge on any atom is -0.310 e. The summed E-state index contributed by atoms with van der Waals surface area (Å²) in [5.41, 5.74) is 20.6. The van der Waals surface area contributed by atoms with Crippen LogP contribution in [0.25, 0.3) is 46.5 Å². The summed E-state index contributed by atoms with van der Waals surface area (Å²) in [6, 6.07) is 72.6. The molecule has 2 nitrogen and oxygen atoms in total. The Hall–Kier alpha value is -7.81. The van der Waals surface area contributed by atoms with Gasteiger partial charge >= 0.3 is 0 Å². The van der Waals surface area contributed by atoms with Crippen LogP contribution in [0, 0.1) is 5.92 Å². The van der Waals surface area contributed by atoms with Crippen molar-refractivity contribution in [2.75, 3.05) is 4.90 Å². The van der Waals surface area contributed by atoms with Crippen LogP contribution in [0.5, 0.6) is 0 Å². The molecule has 9 aromatic rings. The van der Waals surface area contributed by atoms with Gasteiger partial charge in [-0.1, -0.05) is 207 Å². The minimum absolute atomic E-state index is 0.0937. The highest BCUT2D eigenvalue weighted by Gasteiger charge is 2.57. The summed E-state index contributed by atoms with van der Waals surface area (Å²) in [6.07, 6.45) is 18.6. The second-order valence-corrected chi connectivity index (χ2v) is 20.0. The number of hydrogen-bond donors (Lipinski definition) is 0. The largest absolute Gasteiger partial charge is 0.310 e. The Bertz CT molecular complexity index is 3650. The van der Waals surface area contributed by atoms with Crippen molar-refractivity contribution in [2.45, 2.75) is 55.3 Å². The van der Waals surface area contributed by atoms with E-state index in [0.29, 0.717) is 11.8 Å². The number of benzene rings is 8. The second-order valence-electron chi connectivity index (χ2n) is 20.0. The fourth-order valence-corrected chi connectivity index (χ4v) is 13.6. The number of fused-ring (bicyclic) bond motifs is 15. The van der Waals surface area contributed by atoms with Crippen molar-refractivity contribution in [1.82, 2.24) is 4.98 Å². The standard InChI is InChI=1S/C67H52N2/c1-43-51(38-36-47-35-34-46-33-32-45(44-18-5-2-6-19-44)22-17-26-52(46)65(43)47)49-37-39-58-55(40-49)56-41-57-54(53-25-11-14-29-62(53)68-66(57)48-20-7-3-8-21-48)42-61(56)67(58)59-27-12-15-30-63(59)69(50-23-9-4-10-24-50)64-31-16-13-28-60(64)67/h2-16,18-21,23-25,27-43,45,51,56,61H,17,22,26H2,1H3/b33-32-. The first kappa shape index (κ1) is 40.3. The van der Waals surface area contributed by atoms with Gasteiger partial charge in [-0.25, -0.2) is 4.98 Å². The van der Waals surface area contributed by atoms with Crippen LogP contribution in [0.4, 0.5) is 17.1 Å². The van der Waals surface area contributed by atoms with Crippen LogP contribution in [0.3, 0.4) is 0 Å². The molecule has 1 aliphatic heterocycles. The van der Waals surface area contributed by atoms with Gasteiger partial charge in [0.1, 0.15) is 0 Å². The Morgan fingerprint density at radius 2 is 1.22 bits per heavy atom. The fraction of sp³-hybridized carbons (Fsp3) is 0.149. The smallest absolute Gasteiger partial charge is 0.0784 e. The maximum Gasteiger partial charge on any atom is 0.0784 e. The lowest BCUT2D eigenvalue weighted by Gasteiger charge is -2.47. The SMILES string of the molecule is CC1c2c(ccc3c2CCCC(c2ccccc2)/C=C\3)C=CC1c1ccc2c(c1)C1C=c3c(-c4ccccc4)nc4ccccc4c3=CC1C21c2ccccc2N(c2ccccc2)c2ccccc21. The molecule has 0 fully saturated rings. The van der Waals surface area contributed by atoms with E-state index in [9.17, 15) is 0 Å². The van der Waals surface area contributed by atoms with E-state index in [-0.39, 0.29) is 17.8 Å². The summed E-state index contributed by atoms with van der Waals surface area (Å²) >= 11 is 0. The number of anilines is 3. The first-order valence-electron chi connectivity index (χ1n) is 25.1. The molecule has 0 amide bonds. The van der Waals surface area contributed by atoms with Gasteiger partial charge in [0, 0.05) is 45.5 Å². The van der Waals surface area contributed by atoms with Gasteiger partial charge in [0.25, 0.3) is 0 Å². The van der Waals surface area contributed by atoms with Crippen molar-refractivity contribution < 1.29 is 0 Å². The molecule has 0 radical (unpaired) electrons. The van der Waals surface area contributed by atoms with Crippen LogP contribution in [0.1, 0.15) is 99.1 Å². The van der Waals surface area contributed by atoms with E-state index in [1.165, 1.54) is 94.9 Å². The minimum atomic E-state index is -0.469. The van der Waals surface area contributed by atoms with Crippen molar-refractivity contribution in [1.29, 1.82) is 0 Å². The lowest BCUT2D eigenvalue weighted by atomic mass is 9.60. The third-order valence-corrected chi connectivity index (χ3v) is 16.6. The summed E-state index contributed by atoms with van der Waals surface area (Å²) in [5, 5.41) is 3.73. The molecular formula is C67H52N2. The zero-order valence-corrected chi connectivity index (χ0v) is 38.8. The molecule has 0 bridgehead atoms. The molecule has 69 heavy (non-hydrogen) atoms. The third-order valence-electron chi connectivity index (χ3n) is 16.6. The molecular weight excluding hydrogens is 833 g/mol. The van der Waals surface area contributed by atoms with Gasteiger partial charge in [0.15, 0.2) is 0 Å². The zero-order chi connectivity index (χ0) is 45.6. The quantitative estimate of drug-likeness (QED) is 0.175. The molecule has 0 saturated heterocycles. The van der Waals surface area contributed by atoms with Gasteiger partial charge in [-0.15, -0.1) is 0 Å². The Labute approximate surface area is 405 Å². The van der Waals surface area contributed by atoms with Crippen LogP contribution >= 0.6 is 0 Å². The first-order valence-corrected chi connectivity index (χ1v) is 25.1. The van der Waals surface area contributed by atoms with Crippen LogP contribution in [0.2, 0.25) is 0 Å². The molecule has 1 spiro atoms. The van der Waals surface area contributed by atoms with Gasteiger partial charge in [-0.2, -0.15) is 0 Å². The van der Waals surface area contributed by atoms with Crippen molar-refractivity contribution in [3.63, 3.8) is 0 Å². The molecule has 5 aliphatic rings. The monoisotopic (exact) mass is 884 g/mol. The molecule has 0 saturated carbocycles. The van der Waals surface area contributed by atoms with E-state index in [4.69, 9.17) is 4.98 Å². The highest BCUT2D eigenvalue weighted by molar-refractivity contribution is 5.92. The Morgan fingerprint density at radius 1 is 0.551 bits per heavy atom. The van der Waals surface area contributed by atoms with Gasteiger partial charge in [0.2, 0.25) is 0 Å². The maximum atomic E-state index is 5.47. The molecule has 5 unspecified atom stereocenters. The van der Waals surface area contributed by atoms with Crippen molar-refractivity contribution in [3.05, 3.63) is 272 Å². The highest BCUT2D eigenvalue weighted by atomic mass is 15.2. The molecule has 14 rings (SSSR count). The van der Waals surface area contributed by atoms with Crippen molar-refractivity contribution in [3.8, 4) is 11.3 Å². The van der Waals surface area contributed by atoms with E-state index in [2.05, 4.69) is 242 Å². The lowest BCUT2D eigenvalue weighted by molar-refractivity contribution is 0.486. The average molecular weight is 885 g/mol. The van der Waals surface area contributed by atoms with E-state index >= 15 is 0 Å². The fourth-order valence-electron chi connectivity index (χ4n) is 13.6. The zero-order valence-electron chi connectivity index (χ0n) is 38.8. The lowest BCUT2D eigenvalue weighted by Crippen LogP contribution is -2.43. The topological polar surface area (TPSA) is 16.1 Å². The van der Waals surface area contributed by atoms with Crippen LogP contribution in [-0.4, -0.2) is 4.98 Å². The summed E-state index contributed by atoms with van der Waals surface area (Å²) in [6.45, 7) is 2.49. The van der Waals surface area contributed by atoms with Gasteiger partial charge < -0.3 is 4.90 Å². The number of rotatable bonds is 4. The molecule has 1 aromatic heterocycles. The first-order chi connectivity index (χ1) is 34.1. The molecule has 2 heteroatoms. The third kappa shape index (κ3) is 6.07. The van der Waals surface area contributed by atoms with Gasteiger partial charge in [-0.05, 0) is 116 Å². The maximum absolute atomic E-state index is 5.47. The van der Waals surface area contributed by atoms with Crippen LogP contribution in [-0.2, 0) is 11.8 Å². The van der Waals surface area contributed by atoms with Crippen molar-refractivity contribution in [2.24, 2.45) is 5.92 Å². The summed E-state index contributed by atoms with van der Waals surface area (Å²) in [7, 11) is 0. The van der Waals surface area contributed by atoms with Crippen LogP contribution < -0.4 is 15.3 Å². The Morgan fingerprint density at radius 3 is 2.00 bits per heavy atom. The second kappa shape index (κ2) is 15.9. The molecule has 0 N–H and O–H groups in total. The van der Waals surface area contributed by atoms with Crippen molar-refractivity contribution >= 4 is 52.3 Å². The number of para-hydroxylation sites is 4. The summed E-state index contributed by atoms with van der Waals surface area (Å²) in [5.74, 6) is 1.19. The Kier molecular flexibility index (Phi) is 9.28. The van der Waals surface area contributed by atoms with Gasteiger partial charge in [-0.3, -0.25) is 0 Å². The average Bonchev–Trinajstić information content (AvgIpc) is 3.68. The highest BCUT2D eigenvalue weighted by Crippen LogP contribution is 2.66.